The Hall–Kier alpha value is -1.65. The van der Waals surface area contributed by atoms with E-state index in [2.05, 4.69) is 39.6 Å². The molecule has 2 N–H and O–H groups in total. The Morgan fingerprint density at radius 3 is 3.19 bits per heavy atom. The van der Waals surface area contributed by atoms with Crippen LogP contribution in [-0.4, -0.2) is 16.5 Å². The molecule has 0 bridgehead atoms. The number of hydrogen-bond donors (Lipinski definition) is 2. The van der Waals surface area contributed by atoms with Gasteiger partial charge in [0.05, 0.1) is 5.01 Å². The minimum absolute atomic E-state index is 0.459. The molecular weight excluding hydrogens is 278 g/mol. The molecular formula is C17H19N3S. The monoisotopic (exact) mass is 297 g/mol. The van der Waals surface area contributed by atoms with E-state index in [0.717, 1.165) is 13.0 Å². The van der Waals surface area contributed by atoms with Crippen LogP contribution in [0.15, 0.2) is 35.8 Å². The third-order valence-corrected chi connectivity index (χ3v) is 5.17. The normalized spacial score (nSPS) is 18.0. The van der Waals surface area contributed by atoms with Crippen LogP contribution >= 0.6 is 11.3 Å². The van der Waals surface area contributed by atoms with Gasteiger partial charge in [-0.25, -0.2) is 4.98 Å². The van der Waals surface area contributed by atoms with Crippen molar-refractivity contribution in [2.24, 2.45) is 0 Å². The van der Waals surface area contributed by atoms with Crippen molar-refractivity contribution in [3.8, 4) is 0 Å². The smallest absolute Gasteiger partial charge is 0.0937 e. The zero-order valence-corrected chi connectivity index (χ0v) is 12.7. The van der Waals surface area contributed by atoms with Crippen LogP contribution in [0.3, 0.4) is 0 Å². The lowest BCUT2D eigenvalue weighted by Crippen LogP contribution is -2.27. The van der Waals surface area contributed by atoms with E-state index in [1.165, 1.54) is 46.4 Å². The van der Waals surface area contributed by atoms with Crippen LogP contribution in [0, 0.1) is 0 Å². The molecule has 4 heteroatoms. The standard InChI is InChI=1S/C17H19N3S/c1-2-6-14-12(4-1)13-5-3-7-15(17(13)20-14)18-9-8-16-19-10-11-21-16/h1-2,4,6,10-11,15,18,20H,3,5,7-9H2. The lowest BCUT2D eigenvalue weighted by atomic mass is 9.91. The molecule has 1 unspecified atom stereocenters. The van der Waals surface area contributed by atoms with E-state index >= 15 is 0 Å². The topological polar surface area (TPSA) is 40.7 Å². The van der Waals surface area contributed by atoms with E-state index in [-0.39, 0.29) is 0 Å². The summed E-state index contributed by atoms with van der Waals surface area (Å²) in [5, 5.41) is 8.38. The second-order valence-corrected chi connectivity index (χ2v) is 6.62. The molecule has 21 heavy (non-hydrogen) atoms. The zero-order valence-electron chi connectivity index (χ0n) is 11.9. The van der Waals surface area contributed by atoms with E-state index in [9.17, 15) is 0 Å². The molecule has 3 nitrogen and oxygen atoms in total. The van der Waals surface area contributed by atoms with Crippen molar-refractivity contribution in [1.29, 1.82) is 0 Å². The van der Waals surface area contributed by atoms with Crippen molar-refractivity contribution in [2.45, 2.75) is 31.7 Å². The molecule has 0 radical (unpaired) electrons. The number of benzene rings is 1. The van der Waals surface area contributed by atoms with Gasteiger partial charge in [0.25, 0.3) is 0 Å². The molecule has 108 valence electrons. The molecule has 3 aromatic rings. The van der Waals surface area contributed by atoms with Gasteiger partial charge in [-0.3, -0.25) is 0 Å². The van der Waals surface area contributed by atoms with Crippen LogP contribution in [0.2, 0.25) is 0 Å². The number of nitrogens with one attached hydrogen (secondary N) is 2. The Kier molecular flexibility index (Phi) is 3.49. The van der Waals surface area contributed by atoms with Crippen LogP contribution in [0.4, 0.5) is 0 Å². The van der Waals surface area contributed by atoms with Crippen LogP contribution in [0.25, 0.3) is 10.9 Å². The van der Waals surface area contributed by atoms with Crippen molar-refractivity contribution in [2.75, 3.05) is 6.54 Å². The molecule has 0 spiro atoms. The fourth-order valence-corrected chi connectivity index (χ4v) is 3.97. The summed E-state index contributed by atoms with van der Waals surface area (Å²) in [5.41, 5.74) is 4.20. The second-order valence-electron chi connectivity index (χ2n) is 5.64. The molecule has 0 fully saturated rings. The third-order valence-electron chi connectivity index (χ3n) is 4.33. The molecule has 0 amide bonds. The summed E-state index contributed by atoms with van der Waals surface area (Å²) >= 11 is 1.74. The molecule has 1 atom stereocenters. The van der Waals surface area contributed by atoms with Gasteiger partial charge in [-0.2, -0.15) is 0 Å². The van der Waals surface area contributed by atoms with Crippen molar-refractivity contribution in [1.82, 2.24) is 15.3 Å². The van der Waals surface area contributed by atoms with Gasteiger partial charge in [0.2, 0.25) is 0 Å². The zero-order chi connectivity index (χ0) is 14.1. The first kappa shape index (κ1) is 13.0. The maximum Gasteiger partial charge on any atom is 0.0937 e. The lowest BCUT2D eigenvalue weighted by Gasteiger charge is -2.23. The summed E-state index contributed by atoms with van der Waals surface area (Å²) in [6.07, 6.45) is 6.59. The highest BCUT2D eigenvalue weighted by atomic mass is 32.1. The van der Waals surface area contributed by atoms with Crippen molar-refractivity contribution in [3.05, 3.63) is 52.1 Å². The van der Waals surface area contributed by atoms with E-state index in [4.69, 9.17) is 0 Å². The molecule has 1 aliphatic carbocycles. The Labute approximate surface area is 128 Å². The van der Waals surface area contributed by atoms with Crippen LogP contribution < -0.4 is 5.32 Å². The number of aromatic nitrogens is 2. The van der Waals surface area contributed by atoms with Crippen molar-refractivity contribution in [3.63, 3.8) is 0 Å². The average molecular weight is 297 g/mol. The van der Waals surface area contributed by atoms with Crippen molar-refractivity contribution >= 4 is 22.2 Å². The summed E-state index contributed by atoms with van der Waals surface area (Å²) in [7, 11) is 0. The highest BCUT2D eigenvalue weighted by Crippen LogP contribution is 2.34. The first-order valence-corrected chi connectivity index (χ1v) is 8.51. The number of H-pyrrole nitrogens is 1. The maximum atomic E-state index is 4.35. The first-order chi connectivity index (χ1) is 10.4. The summed E-state index contributed by atoms with van der Waals surface area (Å²) in [4.78, 5) is 7.98. The number of thiazole rings is 1. The fraction of sp³-hybridized carbons (Fsp3) is 0.353. The average Bonchev–Trinajstić information content (AvgIpc) is 3.15. The Balaban J connectivity index is 1.53. The fourth-order valence-electron chi connectivity index (χ4n) is 3.35. The highest BCUT2D eigenvalue weighted by molar-refractivity contribution is 7.09. The van der Waals surface area contributed by atoms with Gasteiger partial charge in [0, 0.05) is 47.2 Å². The number of aryl methyl sites for hydroxylation is 1. The summed E-state index contributed by atoms with van der Waals surface area (Å²) in [5.74, 6) is 0. The van der Waals surface area contributed by atoms with Crippen LogP contribution in [0.1, 0.15) is 35.1 Å². The number of aromatic amines is 1. The Morgan fingerprint density at radius 2 is 2.29 bits per heavy atom. The minimum atomic E-state index is 0.459. The molecule has 0 aliphatic heterocycles. The minimum Gasteiger partial charge on any atom is -0.357 e. The summed E-state index contributed by atoms with van der Waals surface area (Å²) < 4.78 is 0. The molecule has 2 aromatic heterocycles. The quantitative estimate of drug-likeness (QED) is 0.768. The summed E-state index contributed by atoms with van der Waals surface area (Å²) in [6.45, 7) is 0.993. The Morgan fingerprint density at radius 1 is 1.33 bits per heavy atom. The predicted molar refractivity (Wildman–Crippen MR) is 87.8 cm³/mol. The molecule has 2 heterocycles. The van der Waals surface area contributed by atoms with Gasteiger partial charge in [-0.05, 0) is 30.9 Å². The lowest BCUT2D eigenvalue weighted by molar-refractivity contribution is 0.456. The first-order valence-electron chi connectivity index (χ1n) is 7.63. The van der Waals surface area contributed by atoms with Crippen LogP contribution in [-0.2, 0) is 12.8 Å². The molecule has 1 aromatic carbocycles. The van der Waals surface area contributed by atoms with Gasteiger partial charge < -0.3 is 10.3 Å². The largest absolute Gasteiger partial charge is 0.357 e. The molecule has 0 saturated heterocycles. The number of rotatable bonds is 4. The van der Waals surface area contributed by atoms with Gasteiger partial charge in [0.15, 0.2) is 0 Å². The maximum absolute atomic E-state index is 4.35. The number of para-hydroxylation sites is 1. The highest BCUT2D eigenvalue weighted by Gasteiger charge is 2.23. The number of nitrogens with zero attached hydrogens (tertiary/aromatic N) is 1. The SMILES string of the molecule is c1ccc2c3c([nH]c2c1)C(NCCc1nccs1)CCC3. The summed E-state index contributed by atoms with van der Waals surface area (Å²) in [6, 6.07) is 9.12. The number of fused-ring (bicyclic) bond motifs is 3. The molecule has 1 aliphatic rings. The van der Waals surface area contributed by atoms with Crippen molar-refractivity contribution < 1.29 is 0 Å². The predicted octanol–water partition coefficient (Wildman–Crippen LogP) is 3.83. The molecule has 4 rings (SSSR count). The number of hydrogen-bond acceptors (Lipinski definition) is 3. The third kappa shape index (κ3) is 2.49. The van der Waals surface area contributed by atoms with E-state index in [1.807, 2.05) is 11.6 Å². The van der Waals surface area contributed by atoms with Gasteiger partial charge in [-0.15, -0.1) is 11.3 Å². The van der Waals surface area contributed by atoms with E-state index < -0.39 is 0 Å². The van der Waals surface area contributed by atoms with E-state index in [0.29, 0.717) is 6.04 Å². The van der Waals surface area contributed by atoms with Gasteiger partial charge in [0.1, 0.15) is 0 Å². The van der Waals surface area contributed by atoms with Gasteiger partial charge >= 0.3 is 0 Å². The Bertz CT molecular complexity index is 730. The van der Waals surface area contributed by atoms with Crippen LogP contribution in [0.5, 0.6) is 0 Å². The second kappa shape index (κ2) is 5.62. The van der Waals surface area contributed by atoms with Gasteiger partial charge in [-0.1, -0.05) is 18.2 Å². The van der Waals surface area contributed by atoms with E-state index in [1.54, 1.807) is 11.3 Å². The molecule has 0 saturated carbocycles.